The maximum atomic E-state index is 13.1. The minimum absolute atomic E-state index is 0.0401. The molecule has 35 heavy (non-hydrogen) atoms. The van der Waals surface area contributed by atoms with E-state index in [2.05, 4.69) is 15.5 Å². The smallest absolute Gasteiger partial charge is 0.322 e. The molecule has 0 spiro atoms. The molecule has 0 aliphatic heterocycles. The minimum atomic E-state index is -3.72. The number of benzene rings is 3. The molecule has 9 heteroatoms. The molecule has 0 aliphatic rings. The second kappa shape index (κ2) is 10.2. The van der Waals surface area contributed by atoms with Crippen LogP contribution in [0.4, 0.5) is 6.01 Å². The van der Waals surface area contributed by atoms with Crippen molar-refractivity contribution < 1.29 is 17.6 Å². The molecule has 180 valence electrons. The van der Waals surface area contributed by atoms with Crippen LogP contribution in [0.1, 0.15) is 34.0 Å². The summed E-state index contributed by atoms with van der Waals surface area (Å²) in [6.45, 7) is 6.32. The number of nitrogens with one attached hydrogen (secondary N) is 1. The van der Waals surface area contributed by atoms with Crippen LogP contribution in [-0.2, 0) is 16.6 Å². The number of aryl methyl sites for hydroxylation is 2. The summed E-state index contributed by atoms with van der Waals surface area (Å²) < 4.78 is 33.2. The molecule has 4 aromatic rings. The molecule has 0 unspecified atom stereocenters. The van der Waals surface area contributed by atoms with Gasteiger partial charge in [-0.15, -0.1) is 5.10 Å². The van der Waals surface area contributed by atoms with E-state index in [4.69, 9.17) is 4.42 Å². The number of carbonyl (C=O) groups excluding carboxylic acids is 1. The Hall–Kier alpha value is -3.82. The summed E-state index contributed by atoms with van der Waals surface area (Å²) in [4.78, 5) is 12.8. The quantitative estimate of drug-likeness (QED) is 0.380. The lowest BCUT2D eigenvalue weighted by Gasteiger charge is -2.20. The van der Waals surface area contributed by atoms with Crippen LogP contribution >= 0.6 is 0 Å². The van der Waals surface area contributed by atoms with Crippen LogP contribution in [-0.4, -0.2) is 35.4 Å². The van der Waals surface area contributed by atoms with Gasteiger partial charge in [0, 0.05) is 24.2 Å². The predicted octanol–water partition coefficient (Wildman–Crippen LogP) is 4.82. The van der Waals surface area contributed by atoms with Gasteiger partial charge in [0.25, 0.3) is 5.91 Å². The molecular formula is C26H26N4O4S. The van der Waals surface area contributed by atoms with Crippen LogP contribution in [0.3, 0.4) is 0 Å². The van der Waals surface area contributed by atoms with Crippen molar-refractivity contribution in [2.75, 3.05) is 11.9 Å². The minimum Gasteiger partial charge on any atom is -0.403 e. The Labute approximate surface area is 204 Å². The van der Waals surface area contributed by atoms with E-state index in [0.29, 0.717) is 12.4 Å². The number of amides is 1. The van der Waals surface area contributed by atoms with Gasteiger partial charge in [0.05, 0.1) is 4.90 Å². The lowest BCUT2D eigenvalue weighted by atomic mass is 10.1. The zero-order chi connectivity index (χ0) is 25.0. The summed E-state index contributed by atoms with van der Waals surface area (Å²) in [6, 6.07) is 21.0. The maximum absolute atomic E-state index is 13.1. The first kappa shape index (κ1) is 24.3. The predicted molar refractivity (Wildman–Crippen MR) is 133 cm³/mol. The van der Waals surface area contributed by atoms with Crippen molar-refractivity contribution in [2.24, 2.45) is 0 Å². The first-order valence-corrected chi connectivity index (χ1v) is 12.6. The number of sulfonamides is 1. The third-order valence-corrected chi connectivity index (χ3v) is 7.50. The topological polar surface area (TPSA) is 105 Å². The zero-order valence-electron chi connectivity index (χ0n) is 19.7. The van der Waals surface area contributed by atoms with E-state index in [9.17, 15) is 13.2 Å². The molecule has 0 saturated heterocycles. The fraction of sp³-hybridized carbons (Fsp3) is 0.192. The molecule has 1 N–H and O–H groups in total. The van der Waals surface area contributed by atoms with Gasteiger partial charge in [0.2, 0.25) is 15.9 Å². The van der Waals surface area contributed by atoms with E-state index in [1.54, 1.807) is 6.92 Å². The Morgan fingerprint density at radius 1 is 0.971 bits per heavy atom. The van der Waals surface area contributed by atoms with Gasteiger partial charge in [-0.2, -0.15) is 4.31 Å². The van der Waals surface area contributed by atoms with E-state index >= 15 is 0 Å². The van der Waals surface area contributed by atoms with Crippen molar-refractivity contribution in [2.45, 2.75) is 32.2 Å². The van der Waals surface area contributed by atoms with Crippen LogP contribution in [0.2, 0.25) is 0 Å². The molecule has 3 aromatic carbocycles. The Bertz CT molecular complexity index is 1430. The number of nitrogens with zero attached hydrogens (tertiary/aromatic N) is 3. The fourth-order valence-electron chi connectivity index (χ4n) is 3.69. The molecule has 0 fully saturated rings. The molecule has 1 amide bonds. The summed E-state index contributed by atoms with van der Waals surface area (Å²) >= 11 is 0. The SMILES string of the molecule is CCN(Cc1ccccc1)S(=O)(=O)c1ccc(C(=O)Nc2nnc(-c3ccc(C)cc3C)o2)cc1. The third kappa shape index (κ3) is 5.47. The third-order valence-electron chi connectivity index (χ3n) is 5.57. The summed E-state index contributed by atoms with van der Waals surface area (Å²) in [5.74, 6) is -0.182. The normalized spacial score (nSPS) is 11.5. The van der Waals surface area contributed by atoms with Gasteiger partial charge in [0.1, 0.15) is 0 Å². The monoisotopic (exact) mass is 490 g/mol. The summed E-state index contributed by atoms with van der Waals surface area (Å²) in [6.07, 6.45) is 0. The fourth-order valence-corrected chi connectivity index (χ4v) is 5.12. The van der Waals surface area contributed by atoms with E-state index in [1.807, 2.05) is 62.4 Å². The highest BCUT2D eigenvalue weighted by Gasteiger charge is 2.24. The van der Waals surface area contributed by atoms with Crippen LogP contribution in [0, 0.1) is 13.8 Å². The second-order valence-electron chi connectivity index (χ2n) is 8.13. The van der Waals surface area contributed by atoms with Crippen LogP contribution in [0.5, 0.6) is 0 Å². The van der Waals surface area contributed by atoms with Gasteiger partial charge in [-0.25, -0.2) is 8.42 Å². The zero-order valence-corrected chi connectivity index (χ0v) is 20.5. The van der Waals surface area contributed by atoms with Gasteiger partial charge < -0.3 is 4.42 Å². The summed E-state index contributed by atoms with van der Waals surface area (Å²) in [7, 11) is -3.72. The largest absolute Gasteiger partial charge is 0.403 e. The molecule has 1 heterocycles. The van der Waals surface area contributed by atoms with Crippen LogP contribution in [0.25, 0.3) is 11.5 Å². The molecule has 8 nitrogen and oxygen atoms in total. The second-order valence-corrected chi connectivity index (χ2v) is 10.1. The molecule has 0 aliphatic carbocycles. The van der Waals surface area contributed by atoms with Gasteiger partial charge in [-0.3, -0.25) is 10.1 Å². The van der Waals surface area contributed by atoms with Gasteiger partial charge in [-0.05, 0) is 55.3 Å². The Balaban J connectivity index is 1.46. The lowest BCUT2D eigenvalue weighted by molar-refractivity contribution is 0.102. The molecule has 0 bridgehead atoms. The maximum Gasteiger partial charge on any atom is 0.322 e. The van der Waals surface area contributed by atoms with Crippen molar-refractivity contribution in [3.8, 4) is 11.5 Å². The number of hydrogen-bond acceptors (Lipinski definition) is 6. The average molecular weight is 491 g/mol. The lowest BCUT2D eigenvalue weighted by Crippen LogP contribution is -2.30. The standard InChI is InChI=1S/C26H26N4O4S/c1-4-30(17-20-8-6-5-7-9-20)35(32,33)22-13-11-21(12-14-22)24(31)27-26-29-28-25(34-26)23-15-10-18(2)16-19(23)3/h5-16H,4,17H2,1-3H3,(H,27,29,31). The van der Waals surface area contributed by atoms with Crippen molar-refractivity contribution >= 4 is 21.9 Å². The van der Waals surface area contributed by atoms with Crippen LogP contribution < -0.4 is 5.32 Å². The Morgan fingerprint density at radius 2 is 1.69 bits per heavy atom. The van der Waals surface area contributed by atoms with E-state index in [0.717, 1.165) is 22.3 Å². The van der Waals surface area contributed by atoms with E-state index in [-0.39, 0.29) is 23.0 Å². The summed E-state index contributed by atoms with van der Waals surface area (Å²) in [5, 5.41) is 10.5. The summed E-state index contributed by atoms with van der Waals surface area (Å²) in [5.41, 5.74) is 4.05. The first-order valence-electron chi connectivity index (χ1n) is 11.1. The molecule has 0 atom stereocenters. The molecule has 0 saturated carbocycles. The number of hydrogen-bond donors (Lipinski definition) is 1. The number of aromatic nitrogens is 2. The molecule has 1 aromatic heterocycles. The van der Waals surface area contributed by atoms with Crippen molar-refractivity contribution in [3.63, 3.8) is 0 Å². The average Bonchev–Trinajstić information content (AvgIpc) is 3.31. The van der Waals surface area contributed by atoms with Gasteiger partial charge in [0.15, 0.2) is 0 Å². The number of rotatable bonds is 8. The Kier molecular flexibility index (Phi) is 7.09. The van der Waals surface area contributed by atoms with Gasteiger partial charge in [-0.1, -0.05) is 60.1 Å². The number of anilines is 1. The first-order chi connectivity index (χ1) is 16.8. The van der Waals surface area contributed by atoms with Crippen LogP contribution in [0.15, 0.2) is 82.1 Å². The van der Waals surface area contributed by atoms with E-state index < -0.39 is 15.9 Å². The Morgan fingerprint density at radius 3 is 2.34 bits per heavy atom. The van der Waals surface area contributed by atoms with Crippen molar-refractivity contribution in [3.05, 3.63) is 95.1 Å². The highest BCUT2D eigenvalue weighted by atomic mass is 32.2. The highest BCUT2D eigenvalue weighted by Crippen LogP contribution is 2.25. The molecular weight excluding hydrogens is 464 g/mol. The molecule has 0 radical (unpaired) electrons. The van der Waals surface area contributed by atoms with Crippen molar-refractivity contribution in [1.29, 1.82) is 0 Å². The highest BCUT2D eigenvalue weighted by molar-refractivity contribution is 7.89. The molecule has 4 rings (SSSR count). The van der Waals surface area contributed by atoms with E-state index in [1.165, 1.54) is 28.6 Å². The van der Waals surface area contributed by atoms with Gasteiger partial charge >= 0.3 is 6.01 Å². The number of carbonyl (C=O) groups is 1. The van der Waals surface area contributed by atoms with Crippen molar-refractivity contribution in [1.82, 2.24) is 14.5 Å².